The summed E-state index contributed by atoms with van der Waals surface area (Å²) in [7, 11) is -1.24. The number of hydrogen-bond acceptors (Lipinski definition) is 4. The van der Waals surface area contributed by atoms with Gasteiger partial charge in [0.25, 0.3) is 0 Å². The summed E-state index contributed by atoms with van der Waals surface area (Å²) in [5.41, 5.74) is 0. The highest BCUT2D eigenvalue weighted by Gasteiger charge is 2.34. The summed E-state index contributed by atoms with van der Waals surface area (Å²) in [6.07, 6.45) is 2.32. The van der Waals surface area contributed by atoms with Crippen LogP contribution in [0, 0.1) is 5.92 Å². The van der Waals surface area contributed by atoms with E-state index in [0.717, 1.165) is 12.8 Å². The summed E-state index contributed by atoms with van der Waals surface area (Å²) in [5.74, 6) is 0.791. The van der Waals surface area contributed by atoms with Crippen molar-refractivity contribution in [2.45, 2.75) is 23.1 Å². The number of nitrogens with one attached hydrogen (secondary N) is 1. The van der Waals surface area contributed by atoms with Gasteiger partial charge in [-0.1, -0.05) is 6.07 Å². The van der Waals surface area contributed by atoms with E-state index in [1.165, 1.54) is 11.3 Å². The minimum absolute atomic E-state index is 0.122. The van der Waals surface area contributed by atoms with Gasteiger partial charge in [-0.2, -0.15) is 0 Å². The van der Waals surface area contributed by atoms with Gasteiger partial charge in [0.1, 0.15) is 4.21 Å². The zero-order valence-corrected chi connectivity index (χ0v) is 10.3. The molecular weight excluding hydrogens is 230 g/mol. The van der Waals surface area contributed by atoms with E-state index in [4.69, 9.17) is 0 Å². The van der Waals surface area contributed by atoms with Crippen LogP contribution in [0.3, 0.4) is 0 Å². The Hall–Kier alpha value is -0.390. The van der Waals surface area contributed by atoms with E-state index in [1.807, 2.05) is 7.05 Å². The lowest BCUT2D eigenvalue weighted by Gasteiger charge is -2.14. The summed E-state index contributed by atoms with van der Waals surface area (Å²) < 4.78 is 24.4. The fourth-order valence-corrected chi connectivity index (χ4v) is 4.48. The van der Waals surface area contributed by atoms with Gasteiger partial charge in [-0.25, -0.2) is 8.42 Å². The fourth-order valence-electron chi connectivity index (χ4n) is 1.71. The Kier molecular flexibility index (Phi) is 3.13. The Balaban J connectivity index is 2.10. The van der Waals surface area contributed by atoms with Crippen LogP contribution >= 0.6 is 11.3 Å². The topological polar surface area (TPSA) is 46.2 Å². The summed E-state index contributed by atoms with van der Waals surface area (Å²) in [4.78, 5) is 0. The molecule has 0 spiro atoms. The zero-order valence-electron chi connectivity index (χ0n) is 8.64. The predicted octanol–water partition coefficient (Wildman–Crippen LogP) is 1.52. The van der Waals surface area contributed by atoms with E-state index >= 15 is 0 Å². The van der Waals surface area contributed by atoms with Crippen molar-refractivity contribution in [3.05, 3.63) is 17.5 Å². The third-order valence-electron chi connectivity index (χ3n) is 2.76. The Morgan fingerprint density at radius 3 is 2.80 bits per heavy atom. The van der Waals surface area contributed by atoms with E-state index < -0.39 is 9.84 Å². The molecule has 1 fully saturated rings. The second-order valence-electron chi connectivity index (χ2n) is 3.95. The zero-order chi connectivity index (χ0) is 10.9. The first-order valence-corrected chi connectivity index (χ1v) is 7.60. The molecule has 1 heterocycles. The maximum absolute atomic E-state index is 12.0. The molecule has 0 bridgehead atoms. The minimum atomic E-state index is -3.08. The van der Waals surface area contributed by atoms with Crippen LogP contribution in [0.1, 0.15) is 12.8 Å². The van der Waals surface area contributed by atoms with Crippen molar-refractivity contribution >= 4 is 21.2 Å². The van der Waals surface area contributed by atoms with Gasteiger partial charge in [0.2, 0.25) is 0 Å². The number of thiophene rings is 1. The third-order valence-corrected chi connectivity index (χ3v) is 6.02. The summed E-state index contributed by atoms with van der Waals surface area (Å²) in [6, 6.07) is 3.58. The molecule has 1 unspecified atom stereocenters. The van der Waals surface area contributed by atoms with Crippen molar-refractivity contribution in [1.29, 1.82) is 0 Å². The van der Waals surface area contributed by atoms with E-state index in [1.54, 1.807) is 17.5 Å². The first kappa shape index (κ1) is 11.1. The maximum Gasteiger partial charge on any atom is 0.189 e. The molecule has 1 aliphatic carbocycles. The van der Waals surface area contributed by atoms with Crippen molar-refractivity contribution < 1.29 is 8.42 Å². The molecule has 1 saturated carbocycles. The summed E-state index contributed by atoms with van der Waals surface area (Å²) >= 11 is 1.30. The highest BCUT2D eigenvalue weighted by Crippen LogP contribution is 2.34. The molecule has 1 atom stereocenters. The molecule has 0 saturated heterocycles. The molecule has 5 heteroatoms. The highest BCUT2D eigenvalue weighted by atomic mass is 32.2. The molecule has 1 N–H and O–H groups in total. The van der Waals surface area contributed by atoms with E-state index in [-0.39, 0.29) is 11.8 Å². The average Bonchev–Trinajstić information content (AvgIpc) is 2.88. The molecule has 2 rings (SSSR count). The second kappa shape index (κ2) is 4.23. The van der Waals surface area contributed by atoms with Crippen LogP contribution in [0.25, 0.3) is 0 Å². The SMILES string of the molecule is CNC(CS(=O)(=O)c1cccs1)C1CC1. The molecule has 0 aliphatic heterocycles. The van der Waals surface area contributed by atoms with Crippen LogP contribution in [-0.2, 0) is 9.84 Å². The van der Waals surface area contributed by atoms with Gasteiger partial charge < -0.3 is 5.32 Å². The van der Waals surface area contributed by atoms with Crippen molar-refractivity contribution in [2.24, 2.45) is 5.92 Å². The van der Waals surface area contributed by atoms with Crippen molar-refractivity contribution in [2.75, 3.05) is 12.8 Å². The molecule has 0 amide bonds. The van der Waals surface area contributed by atoms with Crippen LogP contribution in [-0.4, -0.2) is 27.3 Å². The standard InChI is InChI=1S/C10H15NO2S2/c1-11-9(8-4-5-8)7-15(12,13)10-3-2-6-14-10/h2-3,6,8-9,11H,4-5,7H2,1H3. The minimum Gasteiger partial charge on any atom is -0.316 e. The molecule has 0 radical (unpaired) electrons. The van der Waals surface area contributed by atoms with Gasteiger partial charge in [-0.05, 0) is 37.3 Å². The lowest BCUT2D eigenvalue weighted by molar-refractivity contribution is 0.528. The van der Waals surface area contributed by atoms with Crippen molar-refractivity contribution in [3.8, 4) is 0 Å². The Morgan fingerprint density at radius 1 is 1.60 bits per heavy atom. The summed E-state index contributed by atoms with van der Waals surface area (Å²) in [5, 5.41) is 4.91. The molecule has 15 heavy (non-hydrogen) atoms. The Bertz CT molecular complexity index is 407. The largest absolute Gasteiger partial charge is 0.316 e. The van der Waals surface area contributed by atoms with E-state index in [9.17, 15) is 8.42 Å². The molecule has 1 aromatic heterocycles. The van der Waals surface area contributed by atoms with Crippen LogP contribution in [0.4, 0.5) is 0 Å². The molecule has 0 aromatic carbocycles. The first-order valence-electron chi connectivity index (χ1n) is 5.07. The maximum atomic E-state index is 12.0. The summed E-state index contributed by atoms with van der Waals surface area (Å²) in [6.45, 7) is 0. The van der Waals surface area contributed by atoms with Crippen LogP contribution < -0.4 is 5.32 Å². The smallest absolute Gasteiger partial charge is 0.189 e. The van der Waals surface area contributed by atoms with Crippen molar-refractivity contribution in [3.63, 3.8) is 0 Å². The first-order chi connectivity index (χ1) is 7.13. The van der Waals surface area contributed by atoms with Gasteiger partial charge in [0.15, 0.2) is 9.84 Å². The van der Waals surface area contributed by atoms with Gasteiger partial charge >= 0.3 is 0 Å². The fraction of sp³-hybridized carbons (Fsp3) is 0.600. The van der Waals surface area contributed by atoms with Gasteiger partial charge in [0.05, 0.1) is 5.75 Å². The molecule has 84 valence electrons. The number of hydrogen-bond donors (Lipinski definition) is 1. The monoisotopic (exact) mass is 245 g/mol. The predicted molar refractivity (Wildman–Crippen MR) is 61.9 cm³/mol. The molecule has 3 nitrogen and oxygen atoms in total. The van der Waals surface area contributed by atoms with Gasteiger partial charge in [-0.3, -0.25) is 0 Å². The van der Waals surface area contributed by atoms with Crippen LogP contribution in [0.2, 0.25) is 0 Å². The lowest BCUT2D eigenvalue weighted by atomic mass is 10.2. The Morgan fingerprint density at radius 2 is 2.33 bits per heavy atom. The van der Waals surface area contributed by atoms with E-state index in [2.05, 4.69) is 5.32 Å². The van der Waals surface area contributed by atoms with Crippen LogP contribution in [0.5, 0.6) is 0 Å². The second-order valence-corrected chi connectivity index (χ2v) is 7.15. The normalized spacial score (nSPS) is 19.0. The van der Waals surface area contributed by atoms with Gasteiger partial charge in [-0.15, -0.1) is 11.3 Å². The molecule has 1 aromatic rings. The van der Waals surface area contributed by atoms with Crippen LogP contribution in [0.15, 0.2) is 21.7 Å². The average molecular weight is 245 g/mol. The van der Waals surface area contributed by atoms with Crippen molar-refractivity contribution in [1.82, 2.24) is 5.32 Å². The quantitative estimate of drug-likeness (QED) is 0.855. The lowest BCUT2D eigenvalue weighted by Crippen LogP contribution is -2.34. The highest BCUT2D eigenvalue weighted by molar-refractivity contribution is 7.93. The number of sulfone groups is 1. The van der Waals surface area contributed by atoms with E-state index in [0.29, 0.717) is 10.1 Å². The molecular formula is C10H15NO2S2. The van der Waals surface area contributed by atoms with Gasteiger partial charge in [0, 0.05) is 6.04 Å². The molecule has 1 aliphatic rings. The Labute approximate surface area is 94.4 Å². The third kappa shape index (κ3) is 2.59. The number of rotatable bonds is 5.